The van der Waals surface area contributed by atoms with E-state index in [1.165, 1.54) is 16.0 Å². The number of nitrogens with zero attached hydrogens (tertiary/aromatic N) is 2. The molecule has 0 bridgehead atoms. The molecule has 0 saturated carbocycles. The highest BCUT2D eigenvalue weighted by atomic mass is 79.9. The highest BCUT2D eigenvalue weighted by molar-refractivity contribution is 9.10. The molecule has 2 aromatic rings. The number of aryl methyl sites for hydroxylation is 1. The fraction of sp³-hybridized carbons (Fsp3) is 0.111. The number of hydrogen-bond acceptors (Lipinski definition) is 3. The number of rotatable bonds is 2. The first-order valence-corrected chi connectivity index (χ1v) is 6.26. The molecule has 0 amide bonds. The zero-order valence-electron chi connectivity index (χ0n) is 8.07. The predicted octanol–water partition coefficient (Wildman–Crippen LogP) is 3.26. The minimum atomic E-state index is -1.08. The Labute approximate surface area is 109 Å². The molecule has 2 rings (SSSR count). The second-order valence-corrected chi connectivity index (χ2v) is 5.27. The van der Waals surface area contributed by atoms with E-state index >= 15 is 0 Å². The van der Waals surface area contributed by atoms with Crippen molar-refractivity contribution in [2.24, 2.45) is 7.05 Å². The van der Waals surface area contributed by atoms with Gasteiger partial charge in [-0.05, 0) is 22.0 Å². The molecule has 0 aliphatic heterocycles. The summed E-state index contributed by atoms with van der Waals surface area (Å²) >= 11 is 10.8. The van der Waals surface area contributed by atoms with E-state index in [-0.39, 0.29) is 10.7 Å². The lowest BCUT2D eigenvalue weighted by Crippen LogP contribution is -2.05. The number of carboxylic acids is 1. The first-order chi connectivity index (χ1) is 7.50. The number of hydrogen-bond donors (Lipinski definition) is 1. The lowest BCUT2D eigenvalue weighted by Gasteiger charge is -1.93. The van der Waals surface area contributed by atoms with Crippen LogP contribution in [0.15, 0.2) is 15.9 Å². The van der Waals surface area contributed by atoms with Crippen LogP contribution in [-0.2, 0) is 7.05 Å². The van der Waals surface area contributed by atoms with Crippen molar-refractivity contribution in [3.63, 3.8) is 0 Å². The van der Waals surface area contributed by atoms with Gasteiger partial charge in [-0.1, -0.05) is 11.6 Å². The van der Waals surface area contributed by atoms with E-state index in [9.17, 15) is 4.79 Å². The maximum Gasteiger partial charge on any atom is 0.355 e. The molecular formula is C9H6BrClN2O2S. The van der Waals surface area contributed by atoms with Crippen LogP contribution in [0, 0.1) is 0 Å². The Hall–Kier alpha value is -0.850. The summed E-state index contributed by atoms with van der Waals surface area (Å²) in [6, 6.07) is 1.85. The van der Waals surface area contributed by atoms with Crippen molar-refractivity contribution >= 4 is 44.8 Å². The zero-order chi connectivity index (χ0) is 11.9. The van der Waals surface area contributed by atoms with Crippen LogP contribution in [0.25, 0.3) is 10.6 Å². The second-order valence-electron chi connectivity index (χ2n) is 3.07. The van der Waals surface area contributed by atoms with Crippen LogP contribution in [0.2, 0.25) is 5.02 Å². The highest BCUT2D eigenvalue weighted by Crippen LogP contribution is 2.35. The van der Waals surface area contributed by atoms with Crippen LogP contribution in [0.5, 0.6) is 0 Å². The van der Waals surface area contributed by atoms with Crippen molar-refractivity contribution in [3.8, 4) is 10.6 Å². The van der Waals surface area contributed by atoms with Gasteiger partial charge in [0.25, 0.3) is 0 Å². The fourth-order valence-electron chi connectivity index (χ4n) is 1.33. The van der Waals surface area contributed by atoms with E-state index in [2.05, 4.69) is 21.0 Å². The van der Waals surface area contributed by atoms with Gasteiger partial charge < -0.3 is 5.11 Å². The summed E-state index contributed by atoms with van der Waals surface area (Å²) < 4.78 is 2.19. The molecule has 1 N–H and O–H groups in total. The molecule has 7 heteroatoms. The Morgan fingerprint density at radius 2 is 2.38 bits per heavy atom. The Balaban J connectivity index is 2.59. The molecule has 0 unspecified atom stereocenters. The van der Waals surface area contributed by atoms with Crippen LogP contribution in [-0.4, -0.2) is 20.9 Å². The van der Waals surface area contributed by atoms with Gasteiger partial charge >= 0.3 is 5.97 Å². The van der Waals surface area contributed by atoms with Crippen LogP contribution in [0.1, 0.15) is 10.5 Å². The standard InChI is InChI=1S/C9H6BrClN2O2S/c1-13-8(9(14)15)6(11)7(12-13)5-2-4(10)3-16-5/h2-3H,1H3,(H,14,15). The van der Waals surface area contributed by atoms with Gasteiger partial charge in [0.2, 0.25) is 0 Å². The third-order valence-corrected chi connectivity index (χ3v) is 4.05. The average Bonchev–Trinajstić information content (AvgIpc) is 2.70. The van der Waals surface area contributed by atoms with Crippen molar-refractivity contribution in [2.75, 3.05) is 0 Å². The smallest absolute Gasteiger partial charge is 0.355 e. The maximum absolute atomic E-state index is 10.9. The lowest BCUT2D eigenvalue weighted by molar-refractivity contribution is 0.0685. The van der Waals surface area contributed by atoms with E-state index in [4.69, 9.17) is 16.7 Å². The number of thiophene rings is 1. The van der Waals surface area contributed by atoms with E-state index in [1.54, 1.807) is 7.05 Å². The third-order valence-electron chi connectivity index (χ3n) is 1.99. The molecule has 16 heavy (non-hydrogen) atoms. The largest absolute Gasteiger partial charge is 0.476 e. The number of halogens is 2. The first kappa shape index (κ1) is 11.6. The summed E-state index contributed by atoms with van der Waals surface area (Å²) in [5.74, 6) is -1.08. The molecule has 4 nitrogen and oxygen atoms in total. The summed E-state index contributed by atoms with van der Waals surface area (Å²) in [5, 5.41) is 15.1. The van der Waals surface area contributed by atoms with Crippen molar-refractivity contribution in [2.45, 2.75) is 0 Å². The number of carbonyl (C=O) groups is 1. The van der Waals surface area contributed by atoms with Gasteiger partial charge in [-0.2, -0.15) is 5.10 Å². The number of aromatic nitrogens is 2. The summed E-state index contributed by atoms with van der Waals surface area (Å²) in [5.41, 5.74) is 0.499. The van der Waals surface area contributed by atoms with Crippen molar-refractivity contribution < 1.29 is 9.90 Å². The average molecular weight is 322 g/mol. The lowest BCUT2D eigenvalue weighted by atomic mass is 10.3. The quantitative estimate of drug-likeness (QED) is 0.923. The SMILES string of the molecule is Cn1nc(-c2cc(Br)cs2)c(Cl)c1C(=O)O. The molecule has 0 saturated heterocycles. The highest BCUT2D eigenvalue weighted by Gasteiger charge is 2.21. The molecule has 0 aliphatic rings. The second kappa shape index (κ2) is 4.20. The van der Waals surface area contributed by atoms with Crippen LogP contribution in [0.3, 0.4) is 0 Å². The van der Waals surface area contributed by atoms with E-state index in [1.807, 2.05) is 11.4 Å². The van der Waals surface area contributed by atoms with E-state index < -0.39 is 5.97 Å². The maximum atomic E-state index is 10.9. The fourth-order valence-corrected chi connectivity index (χ4v) is 3.14. The van der Waals surface area contributed by atoms with Crippen molar-refractivity contribution in [1.29, 1.82) is 0 Å². The summed E-state index contributed by atoms with van der Waals surface area (Å²) in [7, 11) is 1.56. The van der Waals surface area contributed by atoms with Crippen LogP contribution in [0.4, 0.5) is 0 Å². The van der Waals surface area contributed by atoms with Gasteiger partial charge in [-0.15, -0.1) is 11.3 Å². The molecule has 0 atom stereocenters. The number of carboxylic acid groups (broad SMARTS) is 1. The molecule has 0 aliphatic carbocycles. The van der Waals surface area contributed by atoms with Gasteiger partial charge in [-0.25, -0.2) is 4.79 Å². The summed E-state index contributed by atoms with van der Waals surface area (Å²) in [6.07, 6.45) is 0. The molecule has 2 heterocycles. The van der Waals surface area contributed by atoms with Gasteiger partial charge in [0.05, 0.1) is 4.88 Å². The van der Waals surface area contributed by atoms with Crippen LogP contribution < -0.4 is 0 Å². The number of aromatic carboxylic acids is 1. The summed E-state index contributed by atoms with van der Waals surface area (Å²) in [4.78, 5) is 11.8. The first-order valence-electron chi connectivity index (χ1n) is 4.21. The topological polar surface area (TPSA) is 55.1 Å². The molecule has 0 aromatic carbocycles. The zero-order valence-corrected chi connectivity index (χ0v) is 11.2. The van der Waals surface area contributed by atoms with Crippen molar-refractivity contribution in [3.05, 3.63) is 26.6 Å². The molecule has 84 valence electrons. The normalized spacial score (nSPS) is 10.7. The van der Waals surface area contributed by atoms with Gasteiger partial charge in [-0.3, -0.25) is 4.68 Å². The van der Waals surface area contributed by atoms with E-state index in [0.29, 0.717) is 5.69 Å². The van der Waals surface area contributed by atoms with Gasteiger partial charge in [0.15, 0.2) is 5.69 Å². The Bertz CT molecular complexity index is 564. The van der Waals surface area contributed by atoms with Crippen LogP contribution >= 0.6 is 38.9 Å². The Kier molecular flexibility index (Phi) is 3.05. The minimum absolute atomic E-state index is 0.00110. The van der Waals surface area contributed by atoms with E-state index in [0.717, 1.165) is 9.35 Å². The van der Waals surface area contributed by atoms with Gasteiger partial charge in [0.1, 0.15) is 10.7 Å². The molecule has 0 radical (unpaired) electrons. The minimum Gasteiger partial charge on any atom is -0.476 e. The molecule has 0 fully saturated rings. The summed E-state index contributed by atoms with van der Waals surface area (Å²) in [6.45, 7) is 0. The third kappa shape index (κ3) is 1.88. The molecular weight excluding hydrogens is 316 g/mol. The van der Waals surface area contributed by atoms with Gasteiger partial charge in [0, 0.05) is 16.9 Å². The molecule has 0 spiro atoms. The van der Waals surface area contributed by atoms with Crippen molar-refractivity contribution in [1.82, 2.24) is 9.78 Å². The monoisotopic (exact) mass is 320 g/mol. The molecule has 2 aromatic heterocycles. The Morgan fingerprint density at radius 3 is 2.81 bits per heavy atom. The predicted molar refractivity (Wildman–Crippen MR) is 66.2 cm³/mol. The Morgan fingerprint density at radius 1 is 1.69 bits per heavy atom.